The molecule has 21 heavy (non-hydrogen) atoms. The number of carbonyl (C=O) groups excluding carboxylic acids is 1. The van der Waals surface area contributed by atoms with Crippen LogP contribution in [0.1, 0.15) is 42.6 Å². The van der Waals surface area contributed by atoms with E-state index in [-0.39, 0.29) is 17.4 Å². The number of rotatable bonds is 2. The molecule has 1 aromatic rings. The van der Waals surface area contributed by atoms with Gasteiger partial charge in [0.15, 0.2) is 0 Å². The predicted molar refractivity (Wildman–Crippen MR) is 82.7 cm³/mol. The molecule has 0 aliphatic carbocycles. The standard InChI is InChI=1S/C17H25NO3/c1-12-9-14(21-4)5-6-15(12)16(20)18-8-7-13(19)10-17(2,3)11-18/h5-6,9,13,19H,7-8,10-11H2,1-4H3/t13-/m0/s1. The molecular formula is C17H25NO3. The minimum atomic E-state index is -0.324. The molecule has 0 saturated carbocycles. The average Bonchev–Trinajstić information content (AvgIpc) is 2.55. The van der Waals surface area contributed by atoms with Gasteiger partial charge in [0.1, 0.15) is 5.75 Å². The van der Waals surface area contributed by atoms with Crippen LogP contribution >= 0.6 is 0 Å². The molecule has 2 rings (SSSR count). The first-order valence-electron chi connectivity index (χ1n) is 7.44. The van der Waals surface area contributed by atoms with E-state index in [2.05, 4.69) is 13.8 Å². The van der Waals surface area contributed by atoms with E-state index in [1.54, 1.807) is 7.11 Å². The summed E-state index contributed by atoms with van der Waals surface area (Å²) in [5, 5.41) is 9.96. The molecule has 0 aromatic heterocycles. The fraction of sp³-hybridized carbons (Fsp3) is 0.588. The van der Waals surface area contributed by atoms with E-state index in [1.807, 2.05) is 30.0 Å². The van der Waals surface area contributed by atoms with E-state index in [9.17, 15) is 9.90 Å². The van der Waals surface area contributed by atoms with Crippen molar-refractivity contribution >= 4 is 5.91 Å². The molecule has 4 heteroatoms. The van der Waals surface area contributed by atoms with Crippen LogP contribution < -0.4 is 4.74 Å². The van der Waals surface area contributed by atoms with Gasteiger partial charge in [-0.3, -0.25) is 4.79 Å². The number of nitrogens with zero attached hydrogens (tertiary/aromatic N) is 1. The Morgan fingerprint density at radius 2 is 2.14 bits per heavy atom. The molecule has 116 valence electrons. The van der Waals surface area contributed by atoms with Crippen LogP contribution in [0.25, 0.3) is 0 Å². The fourth-order valence-corrected chi connectivity index (χ4v) is 3.05. The number of ether oxygens (including phenoxy) is 1. The second-order valence-electron chi connectivity index (χ2n) is 6.72. The van der Waals surface area contributed by atoms with Crippen LogP contribution in [0.5, 0.6) is 5.75 Å². The van der Waals surface area contributed by atoms with Crippen LogP contribution in [0, 0.1) is 12.3 Å². The van der Waals surface area contributed by atoms with Gasteiger partial charge in [-0.15, -0.1) is 0 Å². The zero-order valence-corrected chi connectivity index (χ0v) is 13.3. The lowest BCUT2D eigenvalue weighted by molar-refractivity contribution is 0.0704. The summed E-state index contributed by atoms with van der Waals surface area (Å²) in [4.78, 5) is 14.6. The predicted octanol–water partition coefficient (Wildman–Crippen LogP) is 2.63. The third kappa shape index (κ3) is 3.76. The summed E-state index contributed by atoms with van der Waals surface area (Å²) < 4.78 is 5.18. The fourth-order valence-electron chi connectivity index (χ4n) is 3.05. The van der Waals surface area contributed by atoms with Gasteiger partial charge in [0.2, 0.25) is 0 Å². The van der Waals surface area contributed by atoms with Crippen molar-refractivity contribution in [1.82, 2.24) is 4.90 Å². The van der Waals surface area contributed by atoms with Gasteiger partial charge < -0.3 is 14.7 Å². The first-order valence-corrected chi connectivity index (χ1v) is 7.44. The van der Waals surface area contributed by atoms with Gasteiger partial charge in [0.25, 0.3) is 5.91 Å². The lowest BCUT2D eigenvalue weighted by atomic mass is 9.87. The number of carbonyl (C=O) groups is 1. The van der Waals surface area contributed by atoms with Gasteiger partial charge in [-0.05, 0) is 48.9 Å². The van der Waals surface area contributed by atoms with E-state index >= 15 is 0 Å². The summed E-state index contributed by atoms with van der Waals surface area (Å²) in [7, 11) is 1.62. The van der Waals surface area contributed by atoms with Gasteiger partial charge in [0, 0.05) is 18.7 Å². The average molecular weight is 291 g/mol. The van der Waals surface area contributed by atoms with Gasteiger partial charge >= 0.3 is 0 Å². The van der Waals surface area contributed by atoms with Crippen LogP contribution in [0.2, 0.25) is 0 Å². The van der Waals surface area contributed by atoms with E-state index in [1.165, 1.54) is 0 Å². The molecule has 1 heterocycles. The molecule has 0 radical (unpaired) electrons. The Balaban J connectivity index is 2.22. The van der Waals surface area contributed by atoms with Crippen molar-refractivity contribution in [1.29, 1.82) is 0 Å². The number of aliphatic hydroxyl groups is 1. The Bertz CT molecular complexity index is 525. The molecule has 1 amide bonds. The van der Waals surface area contributed by atoms with Crippen molar-refractivity contribution in [2.24, 2.45) is 5.41 Å². The maximum atomic E-state index is 12.8. The highest BCUT2D eigenvalue weighted by Gasteiger charge is 2.31. The first-order chi connectivity index (χ1) is 9.82. The Kier molecular flexibility index (Phi) is 4.57. The summed E-state index contributed by atoms with van der Waals surface area (Å²) in [5.41, 5.74) is 1.57. The van der Waals surface area contributed by atoms with Crippen LogP contribution in [0.4, 0.5) is 0 Å². The number of hydrogen-bond acceptors (Lipinski definition) is 3. The quantitative estimate of drug-likeness (QED) is 0.911. The number of aryl methyl sites for hydroxylation is 1. The minimum Gasteiger partial charge on any atom is -0.497 e. The normalized spacial score (nSPS) is 21.8. The summed E-state index contributed by atoms with van der Waals surface area (Å²) in [6.45, 7) is 7.40. The number of methoxy groups -OCH3 is 1. The molecule has 4 nitrogen and oxygen atoms in total. The van der Waals surface area contributed by atoms with E-state index in [4.69, 9.17) is 4.74 Å². The molecule has 1 fully saturated rings. The van der Waals surface area contributed by atoms with E-state index < -0.39 is 0 Å². The summed E-state index contributed by atoms with van der Waals surface area (Å²) in [6, 6.07) is 5.52. The van der Waals surface area contributed by atoms with Crippen molar-refractivity contribution in [2.45, 2.75) is 39.7 Å². The van der Waals surface area contributed by atoms with Crippen molar-refractivity contribution in [3.63, 3.8) is 0 Å². The second-order valence-corrected chi connectivity index (χ2v) is 6.72. The number of hydrogen-bond donors (Lipinski definition) is 1. The molecule has 1 aromatic carbocycles. The molecular weight excluding hydrogens is 266 g/mol. The van der Waals surface area contributed by atoms with Crippen molar-refractivity contribution in [2.75, 3.05) is 20.2 Å². The molecule has 1 saturated heterocycles. The van der Waals surface area contributed by atoms with Crippen molar-refractivity contribution in [3.05, 3.63) is 29.3 Å². The Morgan fingerprint density at radius 1 is 1.43 bits per heavy atom. The van der Waals surface area contributed by atoms with Crippen molar-refractivity contribution < 1.29 is 14.6 Å². The summed E-state index contributed by atoms with van der Waals surface area (Å²) in [5.74, 6) is 0.799. The topological polar surface area (TPSA) is 49.8 Å². The third-order valence-corrected chi connectivity index (χ3v) is 4.09. The Hall–Kier alpha value is -1.55. The monoisotopic (exact) mass is 291 g/mol. The third-order valence-electron chi connectivity index (χ3n) is 4.09. The minimum absolute atomic E-state index is 0.0392. The van der Waals surface area contributed by atoms with Crippen molar-refractivity contribution in [3.8, 4) is 5.75 Å². The molecule has 1 atom stereocenters. The lowest BCUT2D eigenvalue weighted by Gasteiger charge is -2.30. The molecule has 0 unspecified atom stereocenters. The highest BCUT2D eigenvalue weighted by atomic mass is 16.5. The zero-order chi connectivity index (χ0) is 15.6. The van der Waals surface area contributed by atoms with Gasteiger partial charge in [-0.2, -0.15) is 0 Å². The Morgan fingerprint density at radius 3 is 2.76 bits per heavy atom. The smallest absolute Gasteiger partial charge is 0.254 e. The highest BCUT2D eigenvalue weighted by Crippen LogP contribution is 2.29. The number of likely N-dealkylation sites (tertiary alicyclic amines) is 1. The molecule has 0 spiro atoms. The molecule has 0 bridgehead atoms. The summed E-state index contributed by atoms with van der Waals surface area (Å²) in [6.07, 6.45) is 1.05. The van der Waals surface area contributed by atoms with E-state index in [0.717, 1.165) is 17.7 Å². The molecule has 1 aliphatic heterocycles. The van der Waals surface area contributed by atoms with Gasteiger partial charge in [0.05, 0.1) is 13.2 Å². The molecule has 1 aliphatic rings. The second kappa shape index (κ2) is 6.06. The highest BCUT2D eigenvalue weighted by molar-refractivity contribution is 5.95. The van der Waals surface area contributed by atoms with Crippen LogP contribution in [0.3, 0.4) is 0 Å². The Labute approximate surface area is 126 Å². The van der Waals surface area contributed by atoms with Crippen LogP contribution in [-0.2, 0) is 0 Å². The van der Waals surface area contributed by atoms with Crippen LogP contribution in [0.15, 0.2) is 18.2 Å². The number of aliphatic hydroxyl groups excluding tert-OH is 1. The number of benzene rings is 1. The number of amides is 1. The zero-order valence-electron chi connectivity index (χ0n) is 13.3. The lowest BCUT2D eigenvalue weighted by Crippen LogP contribution is -2.37. The maximum absolute atomic E-state index is 12.8. The van der Waals surface area contributed by atoms with Gasteiger partial charge in [-0.25, -0.2) is 0 Å². The molecule has 1 N–H and O–H groups in total. The van der Waals surface area contributed by atoms with E-state index in [0.29, 0.717) is 25.1 Å². The largest absolute Gasteiger partial charge is 0.497 e. The first kappa shape index (κ1) is 15.8. The maximum Gasteiger partial charge on any atom is 0.254 e. The van der Waals surface area contributed by atoms with Crippen LogP contribution in [-0.4, -0.2) is 42.2 Å². The van der Waals surface area contributed by atoms with Gasteiger partial charge in [-0.1, -0.05) is 13.8 Å². The summed E-state index contributed by atoms with van der Waals surface area (Å²) >= 11 is 0. The SMILES string of the molecule is COc1ccc(C(=O)N2CC[C@H](O)CC(C)(C)C2)c(C)c1.